The molecule has 4 rings (SSSR count). The Kier molecular flexibility index (Phi) is 7.84. The number of anilines is 1. The summed E-state index contributed by atoms with van der Waals surface area (Å²) in [6, 6.07) is 16.6. The number of hydrogen-bond acceptors (Lipinski definition) is 8. The van der Waals surface area contributed by atoms with Crippen LogP contribution < -0.4 is 19.5 Å². The summed E-state index contributed by atoms with van der Waals surface area (Å²) < 4.78 is 18.0. The van der Waals surface area contributed by atoms with E-state index in [2.05, 4.69) is 20.5 Å². The van der Waals surface area contributed by atoms with E-state index in [9.17, 15) is 4.79 Å². The van der Waals surface area contributed by atoms with Crippen molar-refractivity contribution in [3.63, 3.8) is 0 Å². The Morgan fingerprint density at radius 3 is 2.40 bits per heavy atom. The zero-order chi connectivity index (χ0) is 24.6. The van der Waals surface area contributed by atoms with Crippen molar-refractivity contribution in [2.75, 3.05) is 31.9 Å². The second-order valence-corrected chi connectivity index (χ2v) is 8.15. The van der Waals surface area contributed by atoms with Gasteiger partial charge in [0.05, 0.1) is 26.6 Å². The molecule has 0 saturated carbocycles. The zero-order valence-electron chi connectivity index (χ0n) is 19.6. The Morgan fingerprint density at radius 1 is 0.971 bits per heavy atom. The highest BCUT2D eigenvalue weighted by Crippen LogP contribution is 2.31. The molecule has 2 aromatic carbocycles. The number of hydrogen-bond donors (Lipinski definition) is 1. The maximum absolute atomic E-state index is 12.7. The van der Waals surface area contributed by atoms with Gasteiger partial charge in [0.1, 0.15) is 5.75 Å². The van der Waals surface area contributed by atoms with Crippen LogP contribution in [-0.4, -0.2) is 52.2 Å². The van der Waals surface area contributed by atoms with Crippen LogP contribution in [0.2, 0.25) is 0 Å². The summed E-state index contributed by atoms with van der Waals surface area (Å²) >= 11 is 1.29. The molecule has 0 aliphatic heterocycles. The van der Waals surface area contributed by atoms with Gasteiger partial charge >= 0.3 is 0 Å². The monoisotopic (exact) mass is 491 g/mol. The van der Waals surface area contributed by atoms with Gasteiger partial charge in [-0.25, -0.2) is 0 Å². The molecule has 1 N–H and O–H groups in total. The van der Waals surface area contributed by atoms with Gasteiger partial charge in [-0.2, -0.15) is 0 Å². The maximum Gasteiger partial charge on any atom is 0.234 e. The normalized spacial score (nSPS) is 10.6. The van der Waals surface area contributed by atoms with Crippen LogP contribution in [0.5, 0.6) is 17.2 Å². The Hall–Kier alpha value is -4.05. The molecule has 0 aliphatic carbocycles. The van der Waals surface area contributed by atoms with Crippen LogP contribution in [0, 0.1) is 0 Å². The van der Waals surface area contributed by atoms with Crippen molar-refractivity contribution in [2.24, 2.45) is 0 Å². The molecule has 2 aromatic heterocycles. The van der Waals surface area contributed by atoms with E-state index in [4.69, 9.17) is 14.2 Å². The standard InChI is InChI=1S/C25H25N5O4S/c1-4-34-20-8-6-19(7-9-20)30-24(17-11-13-26-14-12-17)28-29-25(30)35-16-23(31)27-18-5-10-21(32-2)22(15-18)33-3/h5-15H,4,16H2,1-3H3,(H,27,31). The third kappa shape index (κ3) is 5.72. The Bertz CT molecular complexity index is 1280. The van der Waals surface area contributed by atoms with Crippen LogP contribution in [0.3, 0.4) is 0 Å². The van der Waals surface area contributed by atoms with Crippen LogP contribution in [0.25, 0.3) is 17.1 Å². The fraction of sp³-hybridized carbons (Fsp3) is 0.200. The Balaban J connectivity index is 1.55. The molecule has 0 spiro atoms. The van der Waals surface area contributed by atoms with Gasteiger partial charge in [0.25, 0.3) is 0 Å². The number of aromatic nitrogens is 4. The van der Waals surface area contributed by atoms with E-state index in [1.807, 2.05) is 47.9 Å². The third-order valence-electron chi connectivity index (χ3n) is 4.98. The van der Waals surface area contributed by atoms with Crippen molar-refractivity contribution in [2.45, 2.75) is 12.1 Å². The second kappa shape index (κ2) is 11.4. The van der Waals surface area contributed by atoms with Crippen molar-refractivity contribution in [3.8, 4) is 34.3 Å². The number of thioether (sulfide) groups is 1. The molecule has 0 aliphatic rings. The minimum absolute atomic E-state index is 0.139. The van der Waals surface area contributed by atoms with E-state index in [-0.39, 0.29) is 11.7 Å². The van der Waals surface area contributed by atoms with Gasteiger partial charge in [0.15, 0.2) is 22.5 Å². The van der Waals surface area contributed by atoms with E-state index < -0.39 is 0 Å². The number of carbonyl (C=O) groups is 1. The minimum atomic E-state index is -0.186. The lowest BCUT2D eigenvalue weighted by atomic mass is 10.2. The van der Waals surface area contributed by atoms with Crippen LogP contribution in [-0.2, 0) is 4.79 Å². The number of rotatable bonds is 10. The van der Waals surface area contributed by atoms with E-state index in [0.29, 0.717) is 34.8 Å². The quantitative estimate of drug-likeness (QED) is 0.324. The van der Waals surface area contributed by atoms with Crippen molar-refractivity contribution < 1.29 is 19.0 Å². The number of ether oxygens (including phenoxy) is 3. The summed E-state index contributed by atoms with van der Waals surface area (Å²) in [7, 11) is 3.11. The molecule has 0 bridgehead atoms. The lowest BCUT2D eigenvalue weighted by molar-refractivity contribution is -0.113. The second-order valence-electron chi connectivity index (χ2n) is 7.21. The van der Waals surface area contributed by atoms with Gasteiger partial charge in [-0.05, 0) is 55.5 Å². The summed E-state index contributed by atoms with van der Waals surface area (Å²) in [4.78, 5) is 16.8. The number of methoxy groups -OCH3 is 2. The van der Waals surface area contributed by atoms with E-state index in [1.54, 1.807) is 44.8 Å². The van der Waals surface area contributed by atoms with Gasteiger partial charge in [0, 0.05) is 35.4 Å². The molecule has 1 amide bonds. The van der Waals surface area contributed by atoms with E-state index >= 15 is 0 Å². The molecule has 180 valence electrons. The predicted octanol–water partition coefficient (Wildman–Crippen LogP) is 4.48. The molecule has 0 radical (unpaired) electrons. The van der Waals surface area contributed by atoms with Crippen molar-refractivity contribution in [3.05, 3.63) is 67.0 Å². The third-order valence-corrected chi connectivity index (χ3v) is 5.91. The average molecular weight is 492 g/mol. The number of nitrogens with zero attached hydrogens (tertiary/aromatic N) is 4. The van der Waals surface area contributed by atoms with Crippen molar-refractivity contribution >= 4 is 23.4 Å². The van der Waals surface area contributed by atoms with Crippen molar-refractivity contribution in [1.29, 1.82) is 0 Å². The number of pyridine rings is 1. The summed E-state index contributed by atoms with van der Waals surface area (Å²) in [5, 5.41) is 12.2. The molecule has 0 unspecified atom stereocenters. The lowest BCUT2D eigenvalue weighted by Gasteiger charge is -2.12. The van der Waals surface area contributed by atoms with Gasteiger partial charge in [-0.15, -0.1) is 10.2 Å². The summed E-state index contributed by atoms with van der Waals surface area (Å²) in [5.41, 5.74) is 2.33. The zero-order valence-corrected chi connectivity index (χ0v) is 20.4. The molecule has 2 heterocycles. The molecule has 0 saturated heterocycles. The Morgan fingerprint density at radius 2 is 1.71 bits per heavy atom. The first-order valence-corrected chi connectivity index (χ1v) is 11.8. The average Bonchev–Trinajstić information content (AvgIpc) is 3.32. The van der Waals surface area contributed by atoms with E-state index in [1.165, 1.54) is 11.8 Å². The summed E-state index contributed by atoms with van der Waals surface area (Å²) in [5.74, 6) is 2.51. The smallest absolute Gasteiger partial charge is 0.234 e. The molecular weight excluding hydrogens is 466 g/mol. The SMILES string of the molecule is CCOc1ccc(-n2c(SCC(=O)Nc3ccc(OC)c(OC)c3)nnc2-c2ccncc2)cc1. The van der Waals surface area contributed by atoms with Crippen LogP contribution in [0.1, 0.15) is 6.92 Å². The number of amides is 1. The van der Waals surface area contributed by atoms with Crippen molar-refractivity contribution in [1.82, 2.24) is 19.7 Å². The summed E-state index contributed by atoms with van der Waals surface area (Å²) in [6.45, 7) is 2.53. The topological polar surface area (TPSA) is 100 Å². The minimum Gasteiger partial charge on any atom is -0.494 e. The first-order valence-electron chi connectivity index (χ1n) is 10.9. The van der Waals surface area contributed by atoms with Gasteiger partial charge in [-0.1, -0.05) is 11.8 Å². The molecule has 35 heavy (non-hydrogen) atoms. The molecule has 9 nitrogen and oxygen atoms in total. The Labute approximate surface area is 207 Å². The molecule has 4 aromatic rings. The fourth-order valence-electron chi connectivity index (χ4n) is 3.38. The van der Waals surface area contributed by atoms with Crippen LogP contribution in [0.4, 0.5) is 5.69 Å². The van der Waals surface area contributed by atoms with Gasteiger partial charge in [0.2, 0.25) is 5.91 Å². The highest BCUT2D eigenvalue weighted by Gasteiger charge is 2.18. The number of carbonyl (C=O) groups excluding carboxylic acids is 1. The highest BCUT2D eigenvalue weighted by molar-refractivity contribution is 7.99. The maximum atomic E-state index is 12.7. The number of benzene rings is 2. The fourth-order valence-corrected chi connectivity index (χ4v) is 4.14. The molecule has 0 fully saturated rings. The first kappa shape index (κ1) is 24.1. The predicted molar refractivity (Wildman–Crippen MR) is 135 cm³/mol. The summed E-state index contributed by atoms with van der Waals surface area (Å²) in [6.07, 6.45) is 3.41. The molecule has 0 atom stereocenters. The van der Waals surface area contributed by atoms with E-state index in [0.717, 1.165) is 17.0 Å². The first-order chi connectivity index (χ1) is 17.1. The van der Waals surface area contributed by atoms with Gasteiger partial charge < -0.3 is 19.5 Å². The lowest BCUT2D eigenvalue weighted by Crippen LogP contribution is -2.14. The van der Waals surface area contributed by atoms with Crippen LogP contribution in [0.15, 0.2) is 72.1 Å². The highest BCUT2D eigenvalue weighted by atomic mass is 32.2. The molecular formula is C25H25N5O4S. The largest absolute Gasteiger partial charge is 0.494 e. The van der Waals surface area contributed by atoms with Gasteiger partial charge in [-0.3, -0.25) is 14.3 Å². The molecule has 10 heteroatoms. The number of nitrogens with one attached hydrogen (secondary N) is 1. The van der Waals surface area contributed by atoms with Crippen LogP contribution >= 0.6 is 11.8 Å².